The number of hydrogen-bond acceptors (Lipinski definition) is 3. The van der Waals surface area contributed by atoms with Crippen LogP contribution in [-0.2, 0) is 13.0 Å². The van der Waals surface area contributed by atoms with Crippen molar-refractivity contribution in [2.75, 3.05) is 6.54 Å². The highest BCUT2D eigenvalue weighted by Gasteiger charge is 2.12. The minimum absolute atomic E-state index is 0.543. The van der Waals surface area contributed by atoms with E-state index < -0.39 is 0 Å². The third kappa shape index (κ3) is 6.19. The molecule has 0 aliphatic rings. The van der Waals surface area contributed by atoms with Crippen LogP contribution in [0.25, 0.3) is 0 Å². The Morgan fingerprint density at radius 2 is 1.95 bits per heavy atom. The van der Waals surface area contributed by atoms with Crippen LogP contribution in [0.15, 0.2) is 6.33 Å². The molecule has 0 aliphatic heterocycles. The first-order chi connectivity index (χ1) is 9.31. The minimum Gasteiger partial charge on any atom is -0.314 e. The molecular weight excluding hydrogens is 236 g/mol. The molecule has 0 amide bonds. The Bertz CT molecular complexity index is 322. The lowest BCUT2D eigenvalue weighted by molar-refractivity contribution is 0.443. The molecule has 110 valence electrons. The number of aryl methyl sites for hydroxylation is 1. The van der Waals surface area contributed by atoms with E-state index in [0.717, 1.165) is 25.3 Å². The topological polar surface area (TPSA) is 42.7 Å². The molecular formula is C15H30N4. The molecule has 0 fully saturated rings. The Balaban J connectivity index is 2.35. The number of nitrogens with zero attached hydrogens (tertiary/aromatic N) is 3. The maximum atomic E-state index is 4.38. The fourth-order valence-corrected chi connectivity index (χ4v) is 2.49. The van der Waals surface area contributed by atoms with Gasteiger partial charge in [0.05, 0.1) is 0 Å². The summed E-state index contributed by atoms with van der Waals surface area (Å²) < 4.78 is 2.00. The molecule has 1 aromatic heterocycles. The standard InChI is InChI=1S/C15H30N4/c1-4-7-8-9-10-11-14(16-5-2)12-15-17-13-18-19(15)6-3/h13-14,16H,4-12H2,1-3H3. The lowest BCUT2D eigenvalue weighted by Crippen LogP contribution is -2.32. The quantitative estimate of drug-likeness (QED) is 0.626. The number of rotatable bonds is 11. The largest absolute Gasteiger partial charge is 0.314 e. The lowest BCUT2D eigenvalue weighted by atomic mass is 10.0. The van der Waals surface area contributed by atoms with Crippen LogP contribution in [0.4, 0.5) is 0 Å². The van der Waals surface area contributed by atoms with Crippen molar-refractivity contribution in [1.29, 1.82) is 0 Å². The smallest absolute Gasteiger partial charge is 0.138 e. The molecule has 1 rings (SSSR count). The first kappa shape index (κ1) is 16.2. The lowest BCUT2D eigenvalue weighted by Gasteiger charge is -2.17. The Kier molecular flexibility index (Phi) is 8.47. The van der Waals surface area contributed by atoms with Crippen LogP contribution in [0.3, 0.4) is 0 Å². The molecule has 1 N–H and O–H groups in total. The number of hydrogen-bond donors (Lipinski definition) is 1. The van der Waals surface area contributed by atoms with E-state index in [-0.39, 0.29) is 0 Å². The average molecular weight is 266 g/mol. The fraction of sp³-hybridized carbons (Fsp3) is 0.867. The van der Waals surface area contributed by atoms with Gasteiger partial charge in [0.1, 0.15) is 12.2 Å². The van der Waals surface area contributed by atoms with Crippen molar-refractivity contribution in [3.05, 3.63) is 12.2 Å². The number of unbranched alkanes of at least 4 members (excludes halogenated alkanes) is 4. The second-order valence-electron chi connectivity index (χ2n) is 5.15. The van der Waals surface area contributed by atoms with Gasteiger partial charge >= 0.3 is 0 Å². The van der Waals surface area contributed by atoms with Gasteiger partial charge in [-0.25, -0.2) is 4.98 Å². The third-order valence-electron chi connectivity index (χ3n) is 3.57. The molecule has 0 aromatic carbocycles. The van der Waals surface area contributed by atoms with Crippen LogP contribution in [0, 0.1) is 0 Å². The predicted molar refractivity (Wildman–Crippen MR) is 80.2 cm³/mol. The highest BCUT2D eigenvalue weighted by molar-refractivity contribution is 4.89. The van der Waals surface area contributed by atoms with E-state index in [1.807, 2.05) is 4.68 Å². The summed E-state index contributed by atoms with van der Waals surface area (Å²) in [5.74, 6) is 1.11. The van der Waals surface area contributed by atoms with Gasteiger partial charge in [0.25, 0.3) is 0 Å². The van der Waals surface area contributed by atoms with Gasteiger partial charge in [0.15, 0.2) is 0 Å². The Morgan fingerprint density at radius 3 is 2.63 bits per heavy atom. The highest BCUT2D eigenvalue weighted by Crippen LogP contribution is 2.10. The maximum Gasteiger partial charge on any atom is 0.138 e. The van der Waals surface area contributed by atoms with E-state index in [9.17, 15) is 0 Å². The van der Waals surface area contributed by atoms with Crippen molar-refractivity contribution in [2.24, 2.45) is 0 Å². The zero-order chi connectivity index (χ0) is 13.9. The van der Waals surface area contributed by atoms with Crippen molar-refractivity contribution in [3.63, 3.8) is 0 Å². The predicted octanol–water partition coefficient (Wildman–Crippen LogP) is 3.18. The van der Waals surface area contributed by atoms with E-state index in [2.05, 4.69) is 36.2 Å². The zero-order valence-corrected chi connectivity index (χ0v) is 12.9. The summed E-state index contributed by atoms with van der Waals surface area (Å²) in [6.07, 6.45) is 10.6. The summed E-state index contributed by atoms with van der Waals surface area (Å²) in [6, 6.07) is 0.543. The van der Waals surface area contributed by atoms with Gasteiger partial charge < -0.3 is 5.32 Å². The van der Waals surface area contributed by atoms with Crippen molar-refractivity contribution < 1.29 is 0 Å². The van der Waals surface area contributed by atoms with E-state index >= 15 is 0 Å². The molecule has 19 heavy (non-hydrogen) atoms. The molecule has 1 heterocycles. The van der Waals surface area contributed by atoms with Crippen LogP contribution >= 0.6 is 0 Å². The molecule has 1 atom stereocenters. The van der Waals surface area contributed by atoms with Crippen molar-refractivity contribution in [1.82, 2.24) is 20.1 Å². The molecule has 0 radical (unpaired) electrons. The Hall–Kier alpha value is -0.900. The van der Waals surface area contributed by atoms with Crippen LogP contribution in [0.5, 0.6) is 0 Å². The first-order valence-corrected chi connectivity index (χ1v) is 7.91. The van der Waals surface area contributed by atoms with E-state index in [1.54, 1.807) is 6.33 Å². The van der Waals surface area contributed by atoms with Crippen molar-refractivity contribution >= 4 is 0 Å². The second kappa shape index (κ2) is 9.96. The van der Waals surface area contributed by atoms with Crippen molar-refractivity contribution in [2.45, 2.75) is 78.3 Å². The molecule has 0 spiro atoms. The molecule has 4 nitrogen and oxygen atoms in total. The van der Waals surface area contributed by atoms with E-state index in [1.165, 1.54) is 38.5 Å². The normalized spacial score (nSPS) is 12.8. The molecule has 0 saturated heterocycles. The van der Waals surface area contributed by atoms with E-state index in [4.69, 9.17) is 0 Å². The molecule has 1 unspecified atom stereocenters. The fourth-order valence-electron chi connectivity index (χ4n) is 2.49. The van der Waals surface area contributed by atoms with Gasteiger partial charge in [-0.1, -0.05) is 46.0 Å². The maximum absolute atomic E-state index is 4.38. The summed E-state index contributed by atoms with van der Waals surface area (Å²) in [5.41, 5.74) is 0. The van der Waals surface area contributed by atoms with Crippen molar-refractivity contribution in [3.8, 4) is 0 Å². The van der Waals surface area contributed by atoms with Crippen LogP contribution in [0.1, 0.15) is 65.1 Å². The van der Waals surface area contributed by atoms with E-state index in [0.29, 0.717) is 6.04 Å². The molecule has 0 aliphatic carbocycles. The molecule has 0 saturated carbocycles. The van der Waals surface area contributed by atoms with Crippen LogP contribution in [0.2, 0.25) is 0 Å². The Morgan fingerprint density at radius 1 is 1.16 bits per heavy atom. The van der Waals surface area contributed by atoms with Gasteiger partial charge in [-0.15, -0.1) is 0 Å². The van der Waals surface area contributed by atoms with Gasteiger partial charge in [0.2, 0.25) is 0 Å². The average Bonchev–Trinajstić information content (AvgIpc) is 2.86. The highest BCUT2D eigenvalue weighted by atomic mass is 15.3. The summed E-state index contributed by atoms with van der Waals surface area (Å²) in [5, 5.41) is 7.83. The molecule has 1 aromatic rings. The van der Waals surface area contributed by atoms with Gasteiger partial charge in [-0.2, -0.15) is 5.10 Å². The first-order valence-electron chi connectivity index (χ1n) is 7.91. The number of likely N-dealkylation sites (N-methyl/N-ethyl adjacent to an activating group) is 1. The van der Waals surface area contributed by atoms with Gasteiger partial charge in [-0.3, -0.25) is 4.68 Å². The monoisotopic (exact) mass is 266 g/mol. The molecule has 0 bridgehead atoms. The summed E-state index contributed by atoms with van der Waals surface area (Å²) in [4.78, 5) is 4.38. The third-order valence-corrected chi connectivity index (χ3v) is 3.57. The summed E-state index contributed by atoms with van der Waals surface area (Å²) >= 11 is 0. The summed E-state index contributed by atoms with van der Waals surface area (Å²) in [6.45, 7) is 8.49. The van der Waals surface area contributed by atoms with Gasteiger partial charge in [-0.05, 0) is 19.9 Å². The minimum atomic E-state index is 0.543. The Labute approximate surface area is 118 Å². The SMILES string of the molecule is CCCCCCCC(Cc1ncnn1CC)NCC. The van der Waals surface area contributed by atoms with Crippen LogP contribution < -0.4 is 5.32 Å². The van der Waals surface area contributed by atoms with Crippen LogP contribution in [-0.4, -0.2) is 27.4 Å². The number of aromatic nitrogens is 3. The summed E-state index contributed by atoms with van der Waals surface area (Å²) in [7, 11) is 0. The van der Waals surface area contributed by atoms with Gasteiger partial charge in [0, 0.05) is 19.0 Å². The second-order valence-corrected chi connectivity index (χ2v) is 5.15. The zero-order valence-electron chi connectivity index (χ0n) is 12.9. The number of nitrogens with one attached hydrogen (secondary N) is 1. The molecule has 4 heteroatoms.